The third-order valence-electron chi connectivity index (χ3n) is 2.20. The Morgan fingerprint density at radius 2 is 2.00 bits per heavy atom. The maximum Gasteiger partial charge on any atom is 0.0841 e. The number of ether oxygens (including phenoxy) is 1. The number of hydrogen-bond donors (Lipinski definition) is 1. The molecular formula is C10H13NO. The highest BCUT2D eigenvalue weighted by atomic mass is 16.5. The molecule has 0 bridgehead atoms. The van der Waals surface area contributed by atoms with Crippen molar-refractivity contribution in [1.29, 1.82) is 0 Å². The van der Waals surface area contributed by atoms with Crippen LogP contribution < -0.4 is 5.73 Å². The van der Waals surface area contributed by atoms with Crippen molar-refractivity contribution in [2.75, 3.05) is 6.61 Å². The third kappa shape index (κ3) is 1.49. The van der Waals surface area contributed by atoms with Gasteiger partial charge in [0.25, 0.3) is 0 Å². The Balaban J connectivity index is 2.11. The molecular weight excluding hydrogens is 150 g/mol. The molecule has 1 heterocycles. The molecule has 1 aromatic carbocycles. The number of benzene rings is 1. The summed E-state index contributed by atoms with van der Waals surface area (Å²) in [4.78, 5) is 0. The highest BCUT2D eigenvalue weighted by Crippen LogP contribution is 2.27. The van der Waals surface area contributed by atoms with Crippen LogP contribution in [0.2, 0.25) is 0 Å². The van der Waals surface area contributed by atoms with Gasteiger partial charge in [-0.05, 0) is 12.0 Å². The maximum absolute atomic E-state index is 5.74. The van der Waals surface area contributed by atoms with Crippen LogP contribution in [0.5, 0.6) is 0 Å². The Labute approximate surface area is 72.3 Å². The molecule has 2 nitrogen and oxygen atoms in total. The van der Waals surface area contributed by atoms with Crippen molar-refractivity contribution in [3.8, 4) is 0 Å². The van der Waals surface area contributed by atoms with Gasteiger partial charge in [-0.1, -0.05) is 30.3 Å². The van der Waals surface area contributed by atoms with Gasteiger partial charge in [0.2, 0.25) is 0 Å². The van der Waals surface area contributed by atoms with Crippen LogP contribution in [0.1, 0.15) is 18.1 Å². The van der Waals surface area contributed by atoms with Crippen molar-refractivity contribution in [1.82, 2.24) is 0 Å². The Hall–Kier alpha value is -0.860. The average molecular weight is 163 g/mol. The normalized spacial score (nSPS) is 29.1. The summed E-state index contributed by atoms with van der Waals surface area (Å²) in [5.41, 5.74) is 6.98. The zero-order valence-electron chi connectivity index (χ0n) is 6.94. The van der Waals surface area contributed by atoms with Gasteiger partial charge in [-0.3, -0.25) is 0 Å². The van der Waals surface area contributed by atoms with E-state index in [1.807, 2.05) is 18.2 Å². The lowest BCUT2D eigenvalue weighted by Gasteiger charge is -2.08. The quantitative estimate of drug-likeness (QED) is 0.680. The van der Waals surface area contributed by atoms with Gasteiger partial charge >= 0.3 is 0 Å². The van der Waals surface area contributed by atoms with E-state index in [2.05, 4.69) is 12.1 Å². The van der Waals surface area contributed by atoms with Crippen LogP contribution in [0.15, 0.2) is 30.3 Å². The molecule has 0 saturated carbocycles. The lowest BCUT2D eigenvalue weighted by molar-refractivity contribution is 0.110. The van der Waals surface area contributed by atoms with Gasteiger partial charge in [-0.25, -0.2) is 0 Å². The fourth-order valence-corrected chi connectivity index (χ4v) is 1.55. The number of rotatable bonds is 1. The fourth-order valence-electron chi connectivity index (χ4n) is 1.55. The molecule has 0 aromatic heterocycles. The van der Waals surface area contributed by atoms with Crippen molar-refractivity contribution in [3.63, 3.8) is 0 Å². The van der Waals surface area contributed by atoms with Crippen LogP contribution >= 0.6 is 0 Å². The van der Waals surface area contributed by atoms with E-state index in [9.17, 15) is 0 Å². The van der Waals surface area contributed by atoms with Gasteiger partial charge in [0.15, 0.2) is 0 Å². The topological polar surface area (TPSA) is 35.2 Å². The summed E-state index contributed by atoms with van der Waals surface area (Å²) in [5.74, 6) is 0. The van der Waals surface area contributed by atoms with Crippen LogP contribution in [-0.4, -0.2) is 12.6 Å². The van der Waals surface area contributed by atoms with Crippen molar-refractivity contribution in [3.05, 3.63) is 35.9 Å². The smallest absolute Gasteiger partial charge is 0.0841 e. The summed E-state index contributed by atoms with van der Waals surface area (Å²) in [6, 6.07) is 10.5. The number of nitrogens with two attached hydrogens (primary N) is 1. The molecule has 2 N–H and O–H groups in total. The monoisotopic (exact) mass is 163 g/mol. The summed E-state index contributed by atoms with van der Waals surface area (Å²) in [5, 5.41) is 0. The standard InChI is InChI=1S/C10H13NO/c11-9-6-10(12-7-9)8-4-2-1-3-5-8/h1-5,9-10H,6-7,11H2/t9-,10+/m0/s1. The molecule has 0 unspecified atom stereocenters. The van der Waals surface area contributed by atoms with Crippen LogP contribution in [0, 0.1) is 0 Å². The molecule has 0 amide bonds. The molecule has 1 aliphatic heterocycles. The molecule has 12 heavy (non-hydrogen) atoms. The zero-order valence-corrected chi connectivity index (χ0v) is 6.94. The predicted molar refractivity (Wildman–Crippen MR) is 47.7 cm³/mol. The maximum atomic E-state index is 5.74. The highest BCUT2D eigenvalue weighted by Gasteiger charge is 2.23. The summed E-state index contributed by atoms with van der Waals surface area (Å²) >= 11 is 0. The molecule has 0 radical (unpaired) electrons. The zero-order chi connectivity index (χ0) is 8.39. The first-order chi connectivity index (χ1) is 5.86. The van der Waals surface area contributed by atoms with Gasteiger partial charge in [-0.2, -0.15) is 0 Å². The van der Waals surface area contributed by atoms with Crippen LogP contribution in [0.25, 0.3) is 0 Å². The van der Waals surface area contributed by atoms with Gasteiger partial charge in [-0.15, -0.1) is 0 Å². The molecule has 1 aliphatic rings. The second-order valence-corrected chi connectivity index (χ2v) is 3.23. The predicted octanol–water partition coefficient (Wildman–Crippen LogP) is 1.48. The minimum atomic E-state index is 0.218. The molecule has 2 heteroatoms. The SMILES string of the molecule is N[C@@H]1CO[C@@H](c2ccccc2)C1. The lowest BCUT2D eigenvalue weighted by atomic mass is 10.1. The molecule has 0 spiro atoms. The van der Waals surface area contributed by atoms with Gasteiger partial charge in [0.1, 0.15) is 0 Å². The first-order valence-electron chi connectivity index (χ1n) is 4.28. The minimum Gasteiger partial charge on any atom is -0.372 e. The number of hydrogen-bond acceptors (Lipinski definition) is 2. The van der Waals surface area contributed by atoms with Crippen molar-refractivity contribution >= 4 is 0 Å². The lowest BCUT2D eigenvalue weighted by Crippen LogP contribution is -2.18. The van der Waals surface area contributed by atoms with Crippen molar-refractivity contribution < 1.29 is 4.74 Å². The Bertz CT molecular complexity index is 247. The summed E-state index contributed by atoms with van der Waals surface area (Å²) in [7, 11) is 0. The van der Waals surface area contributed by atoms with Crippen LogP contribution in [0.4, 0.5) is 0 Å². The molecule has 64 valence electrons. The van der Waals surface area contributed by atoms with Crippen molar-refractivity contribution in [2.24, 2.45) is 5.73 Å². The minimum absolute atomic E-state index is 0.218. The van der Waals surface area contributed by atoms with E-state index >= 15 is 0 Å². The second-order valence-electron chi connectivity index (χ2n) is 3.23. The molecule has 0 aliphatic carbocycles. The van der Waals surface area contributed by atoms with Crippen LogP contribution in [-0.2, 0) is 4.74 Å². The highest BCUT2D eigenvalue weighted by molar-refractivity contribution is 5.18. The molecule has 2 rings (SSSR count). The van der Waals surface area contributed by atoms with Crippen molar-refractivity contribution in [2.45, 2.75) is 18.6 Å². The van der Waals surface area contributed by atoms with E-state index in [1.165, 1.54) is 5.56 Å². The summed E-state index contributed by atoms with van der Waals surface area (Å²) < 4.78 is 5.53. The molecule has 1 fully saturated rings. The Morgan fingerprint density at radius 1 is 1.25 bits per heavy atom. The largest absolute Gasteiger partial charge is 0.372 e. The van der Waals surface area contributed by atoms with Gasteiger partial charge in [0, 0.05) is 6.04 Å². The average Bonchev–Trinajstić information content (AvgIpc) is 2.54. The first kappa shape index (κ1) is 7.77. The van der Waals surface area contributed by atoms with E-state index in [4.69, 9.17) is 10.5 Å². The fraction of sp³-hybridized carbons (Fsp3) is 0.400. The van der Waals surface area contributed by atoms with Crippen LogP contribution in [0.3, 0.4) is 0 Å². The van der Waals surface area contributed by atoms with E-state index in [0.717, 1.165) is 6.42 Å². The van der Waals surface area contributed by atoms with E-state index < -0.39 is 0 Å². The van der Waals surface area contributed by atoms with Gasteiger partial charge < -0.3 is 10.5 Å². The molecule has 2 atom stereocenters. The Kier molecular flexibility index (Phi) is 2.11. The second kappa shape index (κ2) is 3.25. The van der Waals surface area contributed by atoms with Gasteiger partial charge in [0.05, 0.1) is 12.7 Å². The van der Waals surface area contributed by atoms with E-state index in [1.54, 1.807) is 0 Å². The van der Waals surface area contributed by atoms with E-state index in [-0.39, 0.29) is 12.1 Å². The van der Waals surface area contributed by atoms with E-state index in [0.29, 0.717) is 6.61 Å². The first-order valence-corrected chi connectivity index (χ1v) is 4.28. The summed E-state index contributed by atoms with van der Waals surface area (Å²) in [6.07, 6.45) is 1.17. The Morgan fingerprint density at radius 3 is 2.58 bits per heavy atom. The molecule has 1 saturated heterocycles. The molecule has 1 aromatic rings. The third-order valence-corrected chi connectivity index (χ3v) is 2.20. The summed E-state index contributed by atoms with van der Waals surface area (Å²) in [6.45, 7) is 0.694.